The van der Waals surface area contributed by atoms with Crippen molar-refractivity contribution in [3.05, 3.63) is 84.1 Å². The molecule has 2 saturated heterocycles. The number of phenolic OH excluding ortho intramolecular Hbond substituents is 1. The quantitative estimate of drug-likeness (QED) is 0.0141. The maximum absolute atomic E-state index is 14.7. The van der Waals surface area contributed by atoms with Gasteiger partial charge in [-0.3, -0.25) is 52.9 Å². The summed E-state index contributed by atoms with van der Waals surface area (Å²) in [6.07, 6.45) is 0.610. The molecule has 0 radical (unpaired) electrons. The summed E-state index contributed by atoms with van der Waals surface area (Å²) < 4.78 is 31.5. The number of carboxylic acid groups (broad SMARTS) is 1. The molecule has 2 aromatic heterocycles. The number of hydrogen-bond donors (Lipinski definition) is 15. The highest BCUT2D eigenvalue weighted by atomic mass is 19.4. The molecule has 0 saturated carbocycles. The molecule has 0 bridgehead atoms. The van der Waals surface area contributed by atoms with Crippen molar-refractivity contribution in [3.63, 3.8) is 0 Å². The Bertz CT molecular complexity index is 3290. The molecular formula is C61H84F3N16O14-. The minimum Gasteiger partial charge on any atom is -0.542 e. The molecule has 2 aliphatic rings. The van der Waals surface area contributed by atoms with Crippen molar-refractivity contribution < 1.29 is 81.2 Å². The van der Waals surface area contributed by atoms with Crippen LogP contribution < -0.4 is 64.4 Å². The van der Waals surface area contributed by atoms with Crippen molar-refractivity contribution in [2.24, 2.45) is 28.3 Å². The summed E-state index contributed by atoms with van der Waals surface area (Å²) in [5, 5.41) is 54.7. The Morgan fingerprint density at radius 2 is 1.27 bits per heavy atom. The van der Waals surface area contributed by atoms with Gasteiger partial charge in [-0.15, -0.1) is 0 Å². The summed E-state index contributed by atoms with van der Waals surface area (Å²) in [5.41, 5.74) is 13.3. The number of aliphatic carboxylic acids is 1. The zero-order valence-electron chi connectivity index (χ0n) is 52.7. The van der Waals surface area contributed by atoms with Crippen molar-refractivity contribution in [3.8, 4) is 5.75 Å². The van der Waals surface area contributed by atoms with E-state index in [0.717, 1.165) is 5.52 Å². The van der Waals surface area contributed by atoms with Crippen LogP contribution >= 0.6 is 0 Å². The van der Waals surface area contributed by atoms with Gasteiger partial charge in [0.05, 0.1) is 12.9 Å². The van der Waals surface area contributed by atoms with E-state index >= 15 is 0 Å². The molecule has 2 aliphatic heterocycles. The van der Waals surface area contributed by atoms with Crippen molar-refractivity contribution >= 4 is 81.9 Å². The maximum Gasteiger partial charge on any atom is 0.430 e. The number of nitrogens with one attached hydrogen (secondary N) is 11. The van der Waals surface area contributed by atoms with E-state index in [9.17, 15) is 71.3 Å². The number of H-pyrrole nitrogens is 2. The normalized spacial score (nSPS) is 16.7. The predicted octanol–water partition coefficient (Wildman–Crippen LogP) is -2.14. The van der Waals surface area contributed by atoms with Crippen LogP contribution in [-0.2, 0) is 72.0 Å². The number of carbonyl (C=O) groups is 11. The number of nitrogens with zero attached hydrogens (tertiary/aromatic N) is 3. The lowest BCUT2D eigenvalue weighted by Gasteiger charge is -2.31. The van der Waals surface area contributed by atoms with Crippen molar-refractivity contribution in [1.82, 2.24) is 67.7 Å². The van der Waals surface area contributed by atoms with E-state index in [1.54, 1.807) is 45.2 Å². The summed E-state index contributed by atoms with van der Waals surface area (Å²) in [7, 11) is 0. The van der Waals surface area contributed by atoms with Gasteiger partial charge in [-0.1, -0.05) is 58.0 Å². The molecule has 4 heterocycles. The first-order valence-electron chi connectivity index (χ1n) is 30.7. The van der Waals surface area contributed by atoms with Gasteiger partial charge in [0.1, 0.15) is 66.1 Å². The standard InChI is InChI=1S/C59H84N16O12.C2HF3O2/c1-6-63-57(86)48-14-10-22-75(48)58(87)41(13-9-21-64-59(60)61)68-51(80)42(23-32(2)3)69-52(81)43(24-33(4)5)70-53(82)44(25-34-15-17-37(77)18-16-34)71-56(85)47(30-76)74-54(83)45(26-35-28-65-39-12-8-7-11-38(35)39)72-55(84)46(27-36-29-62-31-66-36)73-50(79)40-19-20-49(78)67-40;3-2(4,5)1(6)7/h7-8,11-12,15-18,28-29,31-33,40-48,65,76-77H,6,9-10,13-14,19-27,30H2,1-5H3,(H,62,66)(H,63,86)(H,67,78)(H,68,80)(H,69,81)(H,70,82)(H,71,85)(H,72,84)(H,73,79)(H,74,83)(H4,60,61,64);(H,6,7)/p-1/t40-,41-,42-,43+,44-,45-,46-,47-,48-;/m0./s1. The molecule has 0 unspecified atom stereocenters. The summed E-state index contributed by atoms with van der Waals surface area (Å²) >= 11 is 0. The number of nitrogens with two attached hydrogens (primary N) is 2. The molecule has 6 rings (SSSR count). The Morgan fingerprint density at radius 1 is 0.723 bits per heavy atom. The van der Waals surface area contributed by atoms with E-state index < -0.39 is 120 Å². The highest BCUT2D eigenvalue weighted by Crippen LogP contribution is 2.23. The molecule has 4 aromatic rings. The number of carboxylic acids is 1. The number of benzene rings is 2. The highest BCUT2D eigenvalue weighted by Gasteiger charge is 2.40. The number of aliphatic imine (C=N–C) groups is 1. The van der Waals surface area contributed by atoms with Crippen LogP contribution in [0.1, 0.15) is 103 Å². The lowest BCUT2D eigenvalue weighted by Crippen LogP contribution is -2.61. The molecule has 33 heteroatoms. The van der Waals surface area contributed by atoms with Gasteiger partial charge in [-0.2, -0.15) is 13.2 Å². The maximum atomic E-state index is 14.7. The van der Waals surface area contributed by atoms with Crippen molar-refractivity contribution in [2.75, 3.05) is 26.2 Å². The van der Waals surface area contributed by atoms with Crippen LogP contribution in [0.4, 0.5) is 13.2 Å². The number of hydrogen-bond acceptors (Lipinski definition) is 16. The molecule has 0 aliphatic carbocycles. The van der Waals surface area contributed by atoms with Crippen LogP contribution in [0.25, 0.3) is 10.9 Å². The number of aromatic hydroxyl groups is 1. The highest BCUT2D eigenvalue weighted by molar-refractivity contribution is 5.99. The van der Waals surface area contributed by atoms with Gasteiger partial charge < -0.3 is 94.3 Å². The van der Waals surface area contributed by atoms with E-state index in [1.165, 1.54) is 41.7 Å². The Morgan fingerprint density at radius 3 is 1.80 bits per heavy atom. The number of rotatable bonds is 32. The van der Waals surface area contributed by atoms with Crippen LogP contribution in [0.15, 0.2) is 72.2 Å². The van der Waals surface area contributed by atoms with Gasteiger partial charge >= 0.3 is 6.18 Å². The number of aromatic amines is 2. The summed E-state index contributed by atoms with van der Waals surface area (Å²) in [5.74, 6) is -10.6. The first kappa shape index (κ1) is 74.9. The van der Waals surface area contributed by atoms with E-state index in [1.807, 2.05) is 19.9 Å². The van der Waals surface area contributed by atoms with Gasteiger partial charge in [0.25, 0.3) is 0 Å². The van der Waals surface area contributed by atoms with Crippen molar-refractivity contribution in [1.29, 1.82) is 0 Å². The van der Waals surface area contributed by atoms with Crippen LogP contribution in [0.3, 0.4) is 0 Å². The van der Waals surface area contributed by atoms with E-state index in [-0.39, 0.29) is 106 Å². The minimum atomic E-state index is -5.19. The van der Waals surface area contributed by atoms with Gasteiger partial charge in [0.2, 0.25) is 59.1 Å². The Hall–Kier alpha value is -9.82. The number of fused-ring (bicyclic) bond motifs is 1. The fraction of sp³-hybridized carbons (Fsp3) is 0.525. The number of para-hydroxylation sites is 1. The number of likely N-dealkylation sites (N-methyl/N-ethyl adjacent to an activating group) is 1. The summed E-state index contributed by atoms with van der Waals surface area (Å²) in [6, 6.07) is 1.58. The minimum absolute atomic E-state index is 0.0397. The lowest BCUT2D eigenvalue weighted by atomic mass is 9.98. The predicted molar refractivity (Wildman–Crippen MR) is 331 cm³/mol. The molecule has 17 N–H and O–H groups in total. The van der Waals surface area contributed by atoms with Crippen LogP contribution in [0, 0.1) is 11.8 Å². The molecule has 2 aromatic carbocycles. The number of imidazole rings is 1. The molecule has 0 spiro atoms. The van der Waals surface area contributed by atoms with E-state index in [0.29, 0.717) is 41.6 Å². The molecule has 30 nitrogen and oxygen atoms in total. The number of carbonyl (C=O) groups excluding carboxylic acids is 11. The summed E-state index contributed by atoms with van der Waals surface area (Å²) in [6.45, 7) is 8.82. The zero-order chi connectivity index (χ0) is 69.4. The van der Waals surface area contributed by atoms with E-state index in [4.69, 9.17) is 21.4 Å². The number of aliphatic hydroxyl groups excluding tert-OH is 1. The third-order valence-electron chi connectivity index (χ3n) is 15.1. The average Bonchev–Trinajstić information content (AvgIpc) is 2.61. The van der Waals surface area contributed by atoms with Crippen LogP contribution in [0.2, 0.25) is 0 Å². The Labute approximate surface area is 539 Å². The van der Waals surface area contributed by atoms with Gasteiger partial charge in [-0.25, -0.2) is 4.98 Å². The number of likely N-dealkylation sites (tertiary alicyclic amines) is 1. The number of alkyl halides is 3. The smallest absolute Gasteiger partial charge is 0.430 e. The second kappa shape index (κ2) is 35.8. The fourth-order valence-corrected chi connectivity index (χ4v) is 10.5. The van der Waals surface area contributed by atoms with Gasteiger partial charge in [0.15, 0.2) is 5.96 Å². The second-order valence-electron chi connectivity index (χ2n) is 23.6. The molecule has 2 fully saturated rings. The third-order valence-corrected chi connectivity index (χ3v) is 15.1. The number of phenols is 1. The second-order valence-corrected chi connectivity index (χ2v) is 23.6. The number of guanidine groups is 1. The van der Waals surface area contributed by atoms with Gasteiger partial charge in [0, 0.05) is 74.3 Å². The first-order chi connectivity index (χ1) is 44.5. The van der Waals surface area contributed by atoms with E-state index in [2.05, 4.69) is 67.8 Å². The third kappa shape index (κ3) is 23.4. The largest absolute Gasteiger partial charge is 0.542 e. The lowest BCUT2D eigenvalue weighted by molar-refractivity contribution is -0.344. The number of aliphatic hydroxyl groups is 1. The van der Waals surface area contributed by atoms with Crippen LogP contribution in [0.5, 0.6) is 5.75 Å². The Kier molecular flexibility index (Phi) is 28.6. The zero-order valence-corrected chi connectivity index (χ0v) is 52.7. The topological polar surface area (TPSA) is 472 Å². The van der Waals surface area contributed by atoms with Crippen LogP contribution in [-0.4, -0.2) is 188 Å². The summed E-state index contributed by atoms with van der Waals surface area (Å²) in [4.78, 5) is 164. The van der Waals surface area contributed by atoms with Gasteiger partial charge in [-0.05, 0) is 93.0 Å². The average molecular weight is 1320 g/mol. The molecular weight excluding hydrogens is 1240 g/mol. The monoisotopic (exact) mass is 1320 g/mol. The molecule has 10 amide bonds. The molecule has 9 atom stereocenters. The first-order valence-corrected chi connectivity index (χ1v) is 30.7. The molecule has 94 heavy (non-hydrogen) atoms. The van der Waals surface area contributed by atoms with Crippen molar-refractivity contribution in [2.45, 2.75) is 166 Å². The Balaban J connectivity index is 0.00000216. The number of amides is 10. The fourth-order valence-electron chi connectivity index (χ4n) is 10.5. The SMILES string of the molecule is CCNC(=O)[C@@H]1CCCN1C(=O)[C@H](CCCN=C(N)N)NC(=O)[C@H](CC(C)C)NC(=O)[C@@H](CC(C)C)NC(=O)[C@H](Cc1ccc(O)cc1)NC(=O)[C@H](CO)NC(=O)[C@H](Cc1c[nH]c2ccccc12)NC(=O)[C@H](Cc1cnc[nH]1)NC(=O)[C@@H]1CCC(=O)N1.O=C([O-])C(F)(F)F. The number of halogens is 3. The molecule has 514 valence electrons. The number of aromatic nitrogens is 3.